The molecule has 0 aliphatic heterocycles. The molecule has 29 heavy (non-hydrogen) atoms. The van der Waals surface area contributed by atoms with E-state index in [9.17, 15) is 9.90 Å². The zero-order valence-electron chi connectivity index (χ0n) is 19.4. The van der Waals surface area contributed by atoms with Gasteiger partial charge in [-0.1, -0.05) is 40.2 Å². The van der Waals surface area contributed by atoms with Gasteiger partial charge in [-0.05, 0) is 110 Å². The Morgan fingerprint density at radius 2 is 1.79 bits per heavy atom. The summed E-state index contributed by atoms with van der Waals surface area (Å²) in [6, 6.07) is 0. The van der Waals surface area contributed by atoms with Crippen molar-refractivity contribution in [2.75, 3.05) is 0 Å². The van der Waals surface area contributed by atoms with Crippen LogP contribution in [0.15, 0.2) is 12.2 Å². The van der Waals surface area contributed by atoms with Crippen molar-refractivity contribution < 1.29 is 9.90 Å². The van der Waals surface area contributed by atoms with E-state index in [-0.39, 0.29) is 11.9 Å². The molecule has 0 aromatic carbocycles. The molecule has 9 atom stereocenters. The van der Waals surface area contributed by atoms with Crippen LogP contribution in [0.5, 0.6) is 0 Å². The minimum Gasteiger partial charge on any atom is -0.393 e. The van der Waals surface area contributed by atoms with Gasteiger partial charge in [0.1, 0.15) is 0 Å². The molecule has 2 nitrogen and oxygen atoms in total. The van der Waals surface area contributed by atoms with Crippen LogP contribution >= 0.6 is 0 Å². The lowest BCUT2D eigenvalue weighted by atomic mass is 9.44. The number of hydrogen-bond donors (Lipinski definition) is 1. The summed E-state index contributed by atoms with van der Waals surface area (Å²) in [5.41, 5.74) is 1.53. The van der Waals surface area contributed by atoms with E-state index in [1.165, 1.54) is 51.4 Å². The van der Waals surface area contributed by atoms with E-state index in [1.54, 1.807) is 0 Å². The van der Waals surface area contributed by atoms with Gasteiger partial charge in [0.15, 0.2) is 5.78 Å². The van der Waals surface area contributed by atoms with E-state index < -0.39 is 0 Å². The molecule has 1 N–H and O–H groups in total. The number of hydrogen-bond acceptors (Lipinski definition) is 2. The van der Waals surface area contributed by atoms with Crippen LogP contribution in [0, 0.1) is 46.3 Å². The quantitative estimate of drug-likeness (QED) is 0.530. The minimum atomic E-state index is -0.0835. The Kier molecular flexibility index (Phi) is 5.82. The molecular formula is C27H44O2. The molecule has 0 saturated heterocycles. The van der Waals surface area contributed by atoms with Crippen molar-refractivity contribution >= 4 is 5.78 Å². The number of fused-ring (bicyclic) bond motifs is 5. The van der Waals surface area contributed by atoms with Crippen LogP contribution in [-0.2, 0) is 4.79 Å². The average Bonchev–Trinajstić information content (AvgIpc) is 3.03. The van der Waals surface area contributed by atoms with E-state index in [0.29, 0.717) is 46.5 Å². The van der Waals surface area contributed by atoms with Gasteiger partial charge in [-0.3, -0.25) is 4.79 Å². The number of aliphatic hydroxyl groups excluding tert-OH is 1. The SMILES string of the molecule is C=C(C)C(=O)CC[C@@H](C)[C@H]1CC[C@H]2[C@@H]3C(O)CC4CCCC[C@]4(C)[C@H]3CC[C@]12C. The Morgan fingerprint density at radius 1 is 1.07 bits per heavy atom. The molecule has 0 spiro atoms. The molecule has 4 aliphatic rings. The molecule has 4 aliphatic carbocycles. The van der Waals surface area contributed by atoms with Gasteiger partial charge in [-0.2, -0.15) is 0 Å². The number of carbonyl (C=O) groups is 1. The van der Waals surface area contributed by atoms with Crippen molar-refractivity contribution in [1.82, 2.24) is 0 Å². The zero-order chi connectivity index (χ0) is 21.0. The molecule has 0 amide bonds. The second-order valence-electron chi connectivity index (χ2n) is 12.0. The molecule has 0 radical (unpaired) electrons. The molecular weight excluding hydrogens is 356 g/mol. The highest BCUT2D eigenvalue weighted by Crippen LogP contribution is 2.68. The van der Waals surface area contributed by atoms with Crippen LogP contribution in [0.1, 0.15) is 98.3 Å². The Hall–Kier alpha value is -0.630. The summed E-state index contributed by atoms with van der Waals surface area (Å²) in [7, 11) is 0. The van der Waals surface area contributed by atoms with Gasteiger partial charge in [0.2, 0.25) is 0 Å². The van der Waals surface area contributed by atoms with Gasteiger partial charge in [0.25, 0.3) is 0 Å². The maximum absolute atomic E-state index is 12.1. The summed E-state index contributed by atoms with van der Waals surface area (Å²) in [6.07, 6.45) is 13.3. The highest BCUT2D eigenvalue weighted by molar-refractivity contribution is 5.94. The lowest BCUT2D eigenvalue weighted by Gasteiger charge is -2.62. The first-order valence-electron chi connectivity index (χ1n) is 12.5. The summed E-state index contributed by atoms with van der Waals surface area (Å²) in [5, 5.41) is 11.3. The molecule has 0 aromatic heterocycles. The van der Waals surface area contributed by atoms with Crippen molar-refractivity contribution in [3.05, 3.63) is 12.2 Å². The third kappa shape index (κ3) is 3.46. The molecule has 0 bridgehead atoms. The van der Waals surface area contributed by atoms with Crippen LogP contribution in [-0.4, -0.2) is 17.0 Å². The van der Waals surface area contributed by atoms with Crippen LogP contribution < -0.4 is 0 Å². The van der Waals surface area contributed by atoms with Gasteiger partial charge in [0.05, 0.1) is 6.10 Å². The van der Waals surface area contributed by atoms with Crippen molar-refractivity contribution in [3.8, 4) is 0 Å². The van der Waals surface area contributed by atoms with E-state index in [4.69, 9.17) is 0 Å². The Bertz CT molecular complexity index is 653. The number of ketones is 1. The number of aliphatic hydroxyl groups is 1. The predicted molar refractivity (Wildman–Crippen MR) is 119 cm³/mol. The molecule has 4 fully saturated rings. The van der Waals surface area contributed by atoms with Gasteiger partial charge >= 0.3 is 0 Å². The fraction of sp³-hybridized carbons (Fsp3) is 0.889. The van der Waals surface area contributed by atoms with E-state index >= 15 is 0 Å². The van der Waals surface area contributed by atoms with Crippen LogP contribution in [0.2, 0.25) is 0 Å². The summed E-state index contributed by atoms with van der Waals surface area (Å²) in [4.78, 5) is 12.1. The Labute approximate surface area is 178 Å². The van der Waals surface area contributed by atoms with Crippen LogP contribution in [0.4, 0.5) is 0 Å². The molecule has 2 unspecified atom stereocenters. The summed E-state index contributed by atoms with van der Waals surface area (Å²) in [6.45, 7) is 13.2. The first-order valence-corrected chi connectivity index (χ1v) is 12.5. The molecule has 2 heteroatoms. The number of rotatable bonds is 5. The first-order chi connectivity index (χ1) is 13.7. The van der Waals surface area contributed by atoms with E-state index in [0.717, 1.165) is 24.7 Å². The molecule has 4 rings (SSSR count). The van der Waals surface area contributed by atoms with E-state index in [1.807, 2.05) is 6.92 Å². The third-order valence-electron chi connectivity index (χ3n) is 10.7. The maximum Gasteiger partial charge on any atom is 0.157 e. The van der Waals surface area contributed by atoms with Crippen molar-refractivity contribution in [1.29, 1.82) is 0 Å². The number of carbonyl (C=O) groups excluding carboxylic acids is 1. The Morgan fingerprint density at radius 3 is 2.52 bits per heavy atom. The van der Waals surface area contributed by atoms with Gasteiger partial charge in [0, 0.05) is 6.42 Å². The Balaban J connectivity index is 1.51. The van der Waals surface area contributed by atoms with Gasteiger partial charge in [-0.15, -0.1) is 0 Å². The third-order valence-corrected chi connectivity index (χ3v) is 10.7. The average molecular weight is 401 g/mol. The maximum atomic E-state index is 12.1. The largest absolute Gasteiger partial charge is 0.393 e. The summed E-state index contributed by atoms with van der Waals surface area (Å²) < 4.78 is 0. The topological polar surface area (TPSA) is 37.3 Å². The fourth-order valence-corrected chi connectivity index (χ4v) is 9.00. The second-order valence-corrected chi connectivity index (χ2v) is 12.0. The highest BCUT2D eigenvalue weighted by atomic mass is 16.3. The zero-order valence-corrected chi connectivity index (χ0v) is 19.4. The predicted octanol–water partition coefficient (Wildman–Crippen LogP) is 6.57. The second kappa shape index (κ2) is 7.81. The highest BCUT2D eigenvalue weighted by Gasteiger charge is 2.62. The first kappa shape index (κ1) is 21.6. The molecule has 0 heterocycles. The van der Waals surface area contributed by atoms with Gasteiger partial charge in [-0.25, -0.2) is 0 Å². The van der Waals surface area contributed by atoms with Crippen molar-refractivity contribution in [3.63, 3.8) is 0 Å². The molecule has 0 aromatic rings. The standard InChI is InChI=1S/C27H44O2/c1-17(2)23(28)12-9-18(3)20-10-11-21-25-22(13-15-27(20,21)5)26(4)14-7-6-8-19(26)16-24(25)29/h18-22,24-25,29H,1,6-16H2,2-5H3/t18-,19?,20-,21+,22+,24?,25+,26+,27-/m1/s1. The number of Topliss-reactive ketones (excluding diaryl/α,β-unsaturated/α-hetero) is 1. The van der Waals surface area contributed by atoms with Crippen molar-refractivity contribution in [2.24, 2.45) is 46.3 Å². The lowest BCUT2D eigenvalue weighted by Crippen LogP contribution is -2.57. The molecule has 4 saturated carbocycles. The van der Waals surface area contributed by atoms with Gasteiger partial charge < -0.3 is 5.11 Å². The normalized spacial score (nSPS) is 47.6. The minimum absolute atomic E-state index is 0.0835. The fourth-order valence-electron chi connectivity index (χ4n) is 9.00. The van der Waals surface area contributed by atoms with Crippen LogP contribution in [0.3, 0.4) is 0 Å². The van der Waals surface area contributed by atoms with Crippen molar-refractivity contribution in [2.45, 2.75) is 104 Å². The smallest absolute Gasteiger partial charge is 0.157 e. The number of allylic oxidation sites excluding steroid dienone is 1. The summed E-state index contributed by atoms with van der Waals surface area (Å²) in [5.74, 6) is 4.20. The lowest BCUT2D eigenvalue weighted by molar-refractivity contribution is -0.164. The van der Waals surface area contributed by atoms with E-state index in [2.05, 4.69) is 27.4 Å². The summed E-state index contributed by atoms with van der Waals surface area (Å²) >= 11 is 0. The van der Waals surface area contributed by atoms with Crippen LogP contribution in [0.25, 0.3) is 0 Å². The monoisotopic (exact) mass is 400 g/mol. The molecule has 164 valence electrons.